The smallest absolute Gasteiger partial charge is 0.313 e. The second-order valence-electron chi connectivity index (χ2n) is 6.20. The minimum atomic E-state index is -0.490. The van der Waals surface area contributed by atoms with Crippen molar-refractivity contribution in [3.63, 3.8) is 0 Å². The van der Waals surface area contributed by atoms with Gasteiger partial charge in [-0.15, -0.1) is 0 Å². The van der Waals surface area contributed by atoms with Crippen LogP contribution in [0.25, 0.3) is 10.8 Å². The molecule has 3 aromatic rings. The van der Waals surface area contributed by atoms with Gasteiger partial charge in [0, 0.05) is 5.56 Å². The molecule has 0 amide bonds. The Balaban J connectivity index is 1.69. The molecule has 0 saturated heterocycles. The summed E-state index contributed by atoms with van der Waals surface area (Å²) < 4.78 is 10.4. The Labute approximate surface area is 162 Å². The molecular formula is C22H19ClO4. The minimum absolute atomic E-state index is 0.327. The van der Waals surface area contributed by atoms with E-state index in [2.05, 4.69) is 0 Å². The highest BCUT2D eigenvalue weighted by atomic mass is 35.5. The molecule has 0 aliphatic rings. The topological polar surface area (TPSA) is 52.6 Å². The van der Waals surface area contributed by atoms with Crippen molar-refractivity contribution in [1.29, 1.82) is 0 Å². The van der Waals surface area contributed by atoms with Crippen LogP contribution in [-0.2, 0) is 9.53 Å². The van der Waals surface area contributed by atoms with Crippen LogP contribution in [0.15, 0.2) is 60.7 Å². The predicted octanol–water partition coefficient (Wildman–Crippen LogP) is 5.03. The minimum Gasteiger partial charge on any atom is -0.497 e. The van der Waals surface area contributed by atoms with E-state index in [0.29, 0.717) is 10.6 Å². The number of carbonyl (C=O) groups is 2. The van der Waals surface area contributed by atoms with Crippen LogP contribution >= 0.6 is 11.6 Å². The molecule has 3 rings (SSSR count). The summed E-state index contributed by atoms with van der Waals surface area (Å²) in [6.45, 7) is 1.42. The van der Waals surface area contributed by atoms with Crippen molar-refractivity contribution in [3.8, 4) is 5.75 Å². The largest absolute Gasteiger partial charge is 0.497 e. The van der Waals surface area contributed by atoms with Crippen LogP contribution in [-0.4, -0.2) is 25.5 Å². The Morgan fingerprint density at radius 2 is 1.70 bits per heavy atom. The molecule has 0 aliphatic carbocycles. The van der Waals surface area contributed by atoms with Crippen LogP contribution in [0, 0.1) is 0 Å². The Kier molecular flexibility index (Phi) is 5.77. The first-order valence-corrected chi connectivity index (χ1v) is 8.89. The van der Waals surface area contributed by atoms with Gasteiger partial charge in [-0.1, -0.05) is 48.0 Å². The summed E-state index contributed by atoms with van der Waals surface area (Å²) in [6.07, 6.45) is 0. The maximum absolute atomic E-state index is 12.4. The number of Topliss-reactive ketones (excluding diaryl/α,β-unsaturated/α-hetero) is 1. The van der Waals surface area contributed by atoms with Crippen LogP contribution in [0.1, 0.15) is 28.8 Å². The van der Waals surface area contributed by atoms with Crippen molar-refractivity contribution in [1.82, 2.24) is 0 Å². The van der Waals surface area contributed by atoms with Gasteiger partial charge in [-0.25, -0.2) is 0 Å². The standard InChI is InChI=1S/C22H19ClO4/c1-14(15-7-8-17-12-18(26-2)10-9-16(17)11-15)22(25)27-13-21(24)19-5-3-4-6-20(19)23/h3-12,14H,13H2,1-2H3/t14-/m0/s1. The molecule has 0 saturated carbocycles. The quantitative estimate of drug-likeness (QED) is 0.443. The van der Waals surface area contributed by atoms with Crippen molar-refractivity contribution < 1.29 is 19.1 Å². The first-order valence-electron chi connectivity index (χ1n) is 8.51. The summed E-state index contributed by atoms with van der Waals surface area (Å²) in [5.41, 5.74) is 1.17. The number of methoxy groups -OCH3 is 1. The number of benzene rings is 3. The normalized spacial score (nSPS) is 11.8. The average Bonchev–Trinajstić information content (AvgIpc) is 2.70. The van der Waals surface area contributed by atoms with E-state index in [4.69, 9.17) is 21.1 Å². The van der Waals surface area contributed by atoms with E-state index >= 15 is 0 Å². The van der Waals surface area contributed by atoms with Crippen LogP contribution in [0.2, 0.25) is 5.02 Å². The number of halogens is 1. The predicted molar refractivity (Wildman–Crippen MR) is 106 cm³/mol. The molecule has 0 aliphatic heterocycles. The van der Waals surface area contributed by atoms with Crippen molar-refractivity contribution in [2.75, 3.05) is 13.7 Å². The van der Waals surface area contributed by atoms with Gasteiger partial charge in [0.25, 0.3) is 0 Å². The third-order valence-corrected chi connectivity index (χ3v) is 4.77. The zero-order chi connectivity index (χ0) is 19.4. The van der Waals surface area contributed by atoms with E-state index < -0.39 is 11.9 Å². The first kappa shape index (κ1) is 18.9. The monoisotopic (exact) mass is 382 g/mol. The second kappa shape index (κ2) is 8.23. The summed E-state index contributed by atoms with van der Waals surface area (Å²) in [4.78, 5) is 24.6. The van der Waals surface area contributed by atoms with E-state index in [1.54, 1.807) is 38.3 Å². The molecule has 4 nitrogen and oxygen atoms in total. The molecular weight excluding hydrogens is 364 g/mol. The molecule has 0 heterocycles. The van der Waals surface area contributed by atoms with Gasteiger partial charge in [0.05, 0.1) is 18.1 Å². The molecule has 1 atom stereocenters. The molecule has 138 valence electrons. The number of hydrogen-bond donors (Lipinski definition) is 0. The van der Waals surface area contributed by atoms with Crippen LogP contribution in [0.3, 0.4) is 0 Å². The van der Waals surface area contributed by atoms with Crippen molar-refractivity contribution >= 4 is 34.1 Å². The van der Waals surface area contributed by atoms with Gasteiger partial charge in [0.1, 0.15) is 5.75 Å². The SMILES string of the molecule is COc1ccc2cc([C@H](C)C(=O)OCC(=O)c3ccccc3Cl)ccc2c1. The summed E-state index contributed by atoms with van der Waals surface area (Å²) in [5.74, 6) is -0.494. The number of ether oxygens (including phenoxy) is 2. The fourth-order valence-electron chi connectivity index (χ4n) is 2.80. The molecule has 3 aromatic carbocycles. The van der Waals surface area contributed by atoms with Crippen molar-refractivity contribution in [2.45, 2.75) is 12.8 Å². The van der Waals surface area contributed by atoms with Crippen molar-refractivity contribution in [2.24, 2.45) is 0 Å². The Hall–Kier alpha value is -2.85. The number of hydrogen-bond acceptors (Lipinski definition) is 4. The zero-order valence-electron chi connectivity index (χ0n) is 15.1. The summed E-state index contributed by atoms with van der Waals surface area (Å²) in [5, 5.41) is 2.37. The molecule has 27 heavy (non-hydrogen) atoms. The lowest BCUT2D eigenvalue weighted by atomic mass is 9.98. The Bertz CT molecular complexity index is 997. The molecule has 5 heteroatoms. The molecule has 0 unspecified atom stereocenters. The highest BCUT2D eigenvalue weighted by molar-refractivity contribution is 6.34. The van der Waals surface area contributed by atoms with E-state index in [1.165, 1.54) is 0 Å². The van der Waals surface area contributed by atoms with Crippen LogP contribution in [0.4, 0.5) is 0 Å². The van der Waals surface area contributed by atoms with Gasteiger partial charge in [0.15, 0.2) is 6.61 Å². The van der Waals surface area contributed by atoms with Gasteiger partial charge >= 0.3 is 5.97 Å². The molecule has 0 N–H and O–H groups in total. The molecule has 0 bridgehead atoms. The third-order valence-electron chi connectivity index (χ3n) is 4.44. The Morgan fingerprint density at radius 3 is 2.44 bits per heavy atom. The fraction of sp³-hybridized carbons (Fsp3) is 0.182. The number of rotatable bonds is 6. The van der Waals surface area contributed by atoms with Crippen LogP contribution in [0.5, 0.6) is 5.75 Å². The lowest BCUT2D eigenvalue weighted by molar-refractivity contribution is -0.143. The van der Waals surface area contributed by atoms with Crippen LogP contribution < -0.4 is 4.74 Å². The molecule has 0 fully saturated rings. The summed E-state index contributed by atoms with van der Waals surface area (Å²) >= 11 is 6.00. The second-order valence-corrected chi connectivity index (χ2v) is 6.61. The highest BCUT2D eigenvalue weighted by Crippen LogP contribution is 2.26. The number of carbonyl (C=O) groups excluding carboxylic acids is 2. The van der Waals surface area contributed by atoms with Gasteiger partial charge in [-0.3, -0.25) is 9.59 Å². The third kappa shape index (κ3) is 4.29. The van der Waals surface area contributed by atoms with E-state index in [-0.39, 0.29) is 12.4 Å². The highest BCUT2D eigenvalue weighted by Gasteiger charge is 2.19. The maximum atomic E-state index is 12.4. The lowest BCUT2D eigenvalue weighted by Crippen LogP contribution is -2.18. The zero-order valence-corrected chi connectivity index (χ0v) is 15.8. The van der Waals surface area contributed by atoms with E-state index in [1.807, 2.05) is 36.4 Å². The Morgan fingerprint density at radius 1 is 1.00 bits per heavy atom. The van der Waals surface area contributed by atoms with E-state index in [9.17, 15) is 9.59 Å². The molecule has 0 radical (unpaired) electrons. The van der Waals surface area contributed by atoms with Crippen molar-refractivity contribution in [3.05, 3.63) is 76.8 Å². The number of ketones is 1. The fourth-order valence-corrected chi connectivity index (χ4v) is 3.04. The van der Waals surface area contributed by atoms with Gasteiger partial charge in [-0.05, 0) is 47.5 Å². The number of fused-ring (bicyclic) bond motifs is 1. The number of esters is 1. The average molecular weight is 383 g/mol. The summed E-state index contributed by atoms with van der Waals surface area (Å²) in [7, 11) is 1.62. The van der Waals surface area contributed by atoms with Gasteiger partial charge in [-0.2, -0.15) is 0 Å². The summed E-state index contributed by atoms with van der Waals surface area (Å²) in [6, 6.07) is 18.2. The van der Waals surface area contributed by atoms with Gasteiger partial charge in [0.2, 0.25) is 5.78 Å². The van der Waals surface area contributed by atoms with Gasteiger partial charge < -0.3 is 9.47 Å². The van der Waals surface area contributed by atoms with E-state index in [0.717, 1.165) is 22.1 Å². The molecule has 0 aromatic heterocycles. The first-order chi connectivity index (χ1) is 13.0. The maximum Gasteiger partial charge on any atom is 0.313 e. The molecule has 0 spiro atoms. The lowest BCUT2D eigenvalue weighted by Gasteiger charge is -2.13.